The van der Waals surface area contributed by atoms with Crippen molar-refractivity contribution < 1.29 is 9.59 Å². The van der Waals surface area contributed by atoms with Crippen molar-refractivity contribution in [1.82, 2.24) is 9.55 Å². The molecule has 27 heavy (non-hydrogen) atoms. The van der Waals surface area contributed by atoms with Gasteiger partial charge in [-0.2, -0.15) is 0 Å². The Labute approximate surface area is 161 Å². The highest BCUT2D eigenvalue weighted by atomic mass is 32.2. The van der Waals surface area contributed by atoms with E-state index in [2.05, 4.69) is 16.9 Å². The van der Waals surface area contributed by atoms with E-state index in [0.717, 1.165) is 16.2 Å². The highest BCUT2D eigenvalue weighted by Gasteiger charge is 2.19. The van der Waals surface area contributed by atoms with Gasteiger partial charge in [-0.3, -0.25) is 9.59 Å². The number of benzene rings is 2. The molecule has 1 unspecified atom stereocenters. The zero-order valence-electron chi connectivity index (χ0n) is 14.9. The van der Waals surface area contributed by atoms with Gasteiger partial charge >= 0.3 is 0 Å². The number of fused-ring (bicyclic) bond motifs is 1. The summed E-state index contributed by atoms with van der Waals surface area (Å²) in [6.45, 7) is 6.25. The predicted octanol–water partition coefficient (Wildman–Crippen LogP) is 3.44. The molecule has 1 atom stereocenters. The fourth-order valence-electron chi connectivity index (χ4n) is 2.62. The van der Waals surface area contributed by atoms with E-state index in [-0.39, 0.29) is 11.2 Å². The van der Waals surface area contributed by atoms with Crippen LogP contribution in [0.3, 0.4) is 0 Å². The Bertz CT molecular complexity index is 995. The summed E-state index contributed by atoms with van der Waals surface area (Å²) in [7, 11) is 0. The Balaban J connectivity index is 1.74. The van der Waals surface area contributed by atoms with Gasteiger partial charge in [-0.15, -0.1) is 6.58 Å². The first-order valence-electron chi connectivity index (χ1n) is 8.43. The molecule has 0 spiro atoms. The van der Waals surface area contributed by atoms with Gasteiger partial charge in [0.15, 0.2) is 5.16 Å². The molecule has 3 aromatic rings. The van der Waals surface area contributed by atoms with E-state index in [1.54, 1.807) is 24.3 Å². The summed E-state index contributed by atoms with van der Waals surface area (Å²) in [5.41, 5.74) is 8.12. The minimum Gasteiger partial charge on any atom is -0.366 e. The number of aromatic nitrogens is 2. The molecule has 7 heteroatoms. The molecule has 0 saturated carbocycles. The standard InChI is InChI=1S/C20H20N4O2S/c1-3-12-24-17-7-5-4-6-16(17)23-20(24)27-13(2)19(26)22-15-10-8-14(9-11-15)18(21)25/h3-11,13H,1,12H2,2H3,(H2,21,25)(H,22,26). The molecule has 0 radical (unpaired) electrons. The molecule has 0 aliphatic heterocycles. The smallest absolute Gasteiger partial charge is 0.248 e. The van der Waals surface area contributed by atoms with Crippen molar-refractivity contribution in [1.29, 1.82) is 0 Å². The number of carbonyl (C=O) groups excluding carboxylic acids is 2. The largest absolute Gasteiger partial charge is 0.366 e. The van der Waals surface area contributed by atoms with Gasteiger partial charge in [0.2, 0.25) is 11.8 Å². The molecular formula is C20H20N4O2S. The number of thioether (sulfide) groups is 1. The van der Waals surface area contributed by atoms with Gasteiger partial charge in [0.25, 0.3) is 0 Å². The summed E-state index contributed by atoms with van der Waals surface area (Å²) < 4.78 is 2.04. The number of nitrogens with zero attached hydrogens (tertiary/aromatic N) is 2. The Morgan fingerprint density at radius 2 is 1.96 bits per heavy atom. The van der Waals surface area contributed by atoms with Crippen molar-refractivity contribution in [2.24, 2.45) is 5.73 Å². The average molecular weight is 380 g/mol. The number of carbonyl (C=O) groups is 2. The minimum atomic E-state index is -0.502. The molecule has 2 amide bonds. The lowest BCUT2D eigenvalue weighted by atomic mass is 10.2. The first-order chi connectivity index (χ1) is 13.0. The quantitative estimate of drug-likeness (QED) is 0.485. The molecular weight excluding hydrogens is 360 g/mol. The minimum absolute atomic E-state index is 0.149. The van der Waals surface area contributed by atoms with Crippen LogP contribution >= 0.6 is 11.8 Å². The van der Waals surface area contributed by atoms with Gasteiger partial charge in [-0.05, 0) is 43.3 Å². The summed E-state index contributed by atoms with van der Waals surface area (Å²) >= 11 is 1.39. The Hall–Kier alpha value is -3.06. The summed E-state index contributed by atoms with van der Waals surface area (Å²) in [6, 6.07) is 14.3. The van der Waals surface area contributed by atoms with Crippen LogP contribution in [0.5, 0.6) is 0 Å². The van der Waals surface area contributed by atoms with Crippen LogP contribution in [0.15, 0.2) is 66.3 Å². The van der Waals surface area contributed by atoms with Gasteiger partial charge in [0, 0.05) is 17.8 Å². The fraction of sp³-hybridized carbons (Fsp3) is 0.150. The molecule has 1 aromatic heterocycles. The molecule has 0 saturated heterocycles. The molecule has 0 aliphatic carbocycles. The maximum absolute atomic E-state index is 12.5. The number of hydrogen-bond donors (Lipinski definition) is 2. The zero-order chi connectivity index (χ0) is 19.4. The highest BCUT2D eigenvalue weighted by Crippen LogP contribution is 2.28. The van der Waals surface area contributed by atoms with Crippen LogP contribution in [0, 0.1) is 0 Å². The van der Waals surface area contributed by atoms with Crippen molar-refractivity contribution in [3.05, 3.63) is 66.7 Å². The molecule has 0 bridgehead atoms. The van der Waals surface area contributed by atoms with Crippen molar-refractivity contribution in [3.63, 3.8) is 0 Å². The lowest BCUT2D eigenvalue weighted by Gasteiger charge is -2.13. The van der Waals surface area contributed by atoms with E-state index in [1.807, 2.05) is 41.8 Å². The number of allylic oxidation sites excluding steroid dienone is 1. The van der Waals surface area contributed by atoms with Crippen molar-refractivity contribution in [3.8, 4) is 0 Å². The van der Waals surface area contributed by atoms with E-state index in [0.29, 0.717) is 17.8 Å². The normalized spacial score (nSPS) is 11.9. The number of anilines is 1. The second kappa shape index (κ2) is 8.09. The van der Waals surface area contributed by atoms with Crippen LogP contribution in [0.1, 0.15) is 17.3 Å². The van der Waals surface area contributed by atoms with Gasteiger partial charge in [-0.1, -0.05) is 30.0 Å². The van der Waals surface area contributed by atoms with E-state index in [9.17, 15) is 9.59 Å². The zero-order valence-corrected chi connectivity index (χ0v) is 15.7. The number of nitrogens with one attached hydrogen (secondary N) is 1. The molecule has 0 aliphatic rings. The summed E-state index contributed by atoms with van der Waals surface area (Å²) in [4.78, 5) is 28.3. The number of primary amides is 1. The van der Waals surface area contributed by atoms with Crippen molar-refractivity contribution >= 4 is 40.3 Å². The first-order valence-corrected chi connectivity index (χ1v) is 9.31. The van der Waals surface area contributed by atoms with Crippen molar-refractivity contribution in [2.75, 3.05) is 5.32 Å². The monoisotopic (exact) mass is 380 g/mol. The molecule has 2 aromatic carbocycles. The van der Waals surface area contributed by atoms with Crippen LogP contribution in [0.25, 0.3) is 11.0 Å². The Morgan fingerprint density at radius 3 is 2.63 bits per heavy atom. The highest BCUT2D eigenvalue weighted by molar-refractivity contribution is 8.00. The van der Waals surface area contributed by atoms with Gasteiger partial charge < -0.3 is 15.6 Å². The Morgan fingerprint density at radius 1 is 1.26 bits per heavy atom. The number of rotatable bonds is 7. The van der Waals surface area contributed by atoms with E-state index >= 15 is 0 Å². The van der Waals surface area contributed by atoms with Crippen LogP contribution in [-0.4, -0.2) is 26.6 Å². The topological polar surface area (TPSA) is 90.0 Å². The number of para-hydroxylation sites is 2. The van der Waals surface area contributed by atoms with Crippen LogP contribution in [0.2, 0.25) is 0 Å². The lowest BCUT2D eigenvalue weighted by Crippen LogP contribution is -2.23. The summed E-state index contributed by atoms with van der Waals surface area (Å²) in [6.07, 6.45) is 1.81. The van der Waals surface area contributed by atoms with Crippen LogP contribution < -0.4 is 11.1 Å². The lowest BCUT2D eigenvalue weighted by molar-refractivity contribution is -0.115. The van der Waals surface area contributed by atoms with Crippen LogP contribution in [-0.2, 0) is 11.3 Å². The summed E-state index contributed by atoms with van der Waals surface area (Å²) in [5, 5.41) is 3.25. The molecule has 138 valence electrons. The van der Waals surface area contributed by atoms with E-state index in [1.165, 1.54) is 11.8 Å². The average Bonchev–Trinajstić information content (AvgIpc) is 3.00. The van der Waals surface area contributed by atoms with Gasteiger partial charge in [0.05, 0.1) is 16.3 Å². The number of hydrogen-bond acceptors (Lipinski definition) is 4. The van der Waals surface area contributed by atoms with Gasteiger partial charge in [0.1, 0.15) is 0 Å². The molecule has 3 N–H and O–H groups in total. The SMILES string of the molecule is C=CCn1c(SC(C)C(=O)Nc2ccc(C(N)=O)cc2)nc2ccccc21. The second-order valence-electron chi connectivity index (χ2n) is 5.97. The number of nitrogens with two attached hydrogens (primary N) is 1. The number of imidazole rings is 1. The predicted molar refractivity (Wildman–Crippen MR) is 109 cm³/mol. The van der Waals surface area contributed by atoms with Gasteiger partial charge in [-0.25, -0.2) is 4.98 Å². The summed E-state index contributed by atoms with van der Waals surface area (Å²) in [5.74, 6) is -0.651. The van der Waals surface area contributed by atoms with Crippen molar-refractivity contribution in [2.45, 2.75) is 23.9 Å². The van der Waals surface area contributed by atoms with E-state index in [4.69, 9.17) is 5.73 Å². The fourth-order valence-corrected chi connectivity index (χ4v) is 3.56. The maximum atomic E-state index is 12.5. The first kappa shape index (κ1) is 18.7. The third-order valence-corrected chi connectivity index (χ3v) is 5.11. The third-order valence-electron chi connectivity index (χ3n) is 4.02. The molecule has 1 heterocycles. The Kier molecular flexibility index (Phi) is 5.61. The second-order valence-corrected chi connectivity index (χ2v) is 7.28. The molecule has 6 nitrogen and oxygen atoms in total. The van der Waals surface area contributed by atoms with Crippen LogP contribution in [0.4, 0.5) is 5.69 Å². The number of amides is 2. The maximum Gasteiger partial charge on any atom is 0.248 e. The molecule has 3 rings (SSSR count). The third kappa shape index (κ3) is 4.20. The molecule has 0 fully saturated rings. The van der Waals surface area contributed by atoms with E-state index < -0.39 is 5.91 Å².